The van der Waals surface area contributed by atoms with E-state index >= 15 is 0 Å². The van der Waals surface area contributed by atoms with Crippen molar-refractivity contribution >= 4 is 23.6 Å². The number of hydrogen-bond acceptors (Lipinski definition) is 5. The van der Waals surface area contributed by atoms with Gasteiger partial charge in [-0.1, -0.05) is 39.5 Å². The number of piperidine rings is 1. The molecule has 9 nitrogen and oxygen atoms in total. The molecule has 0 spiro atoms. The number of carbonyl (C=O) groups is 4. The molecule has 1 saturated carbocycles. The average Bonchev–Trinajstić information content (AvgIpc) is 3.14. The molecule has 3 N–H and O–H groups in total. The summed E-state index contributed by atoms with van der Waals surface area (Å²) in [6.07, 6.45) is -1.65. The monoisotopic (exact) mass is 513 g/mol. The first kappa shape index (κ1) is 27.7. The van der Waals surface area contributed by atoms with Crippen LogP contribution in [0.1, 0.15) is 65.2 Å². The molecule has 3 fully saturated rings. The zero-order chi connectivity index (χ0) is 26.7. The van der Waals surface area contributed by atoms with Crippen LogP contribution in [0.5, 0.6) is 0 Å². The number of hydrogen-bond donors (Lipinski definition) is 3. The van der Waals surface area contributed by atoms with Crippen molar-refractivity contribution in [2.45, 2.75) is 89.5 Å². The van der Waals surface area contributed by atoms with Crippen molar-refractivity contribution in [2.75, 3.05) is 13.1 Å². The first-order valence-corrected chi connectivity index (χ1v) is 12.5. The van der Waals surface area contributed by atoms with Gasteiger partial charge in [0, 0.05) is 19.5 Å². The van der Waals surface area contributed by atoms with E-state index in [4.69, 9.17) is 0 Å². The fourth-order valence-electron chi connectivity index (χ4n) is 5.53. The maximum atomic E-state index is 13.4. The van der Waals surface area contributed by atoms with Crippen molar-refractivity contribution in [1.29, 1.82) is 5.26 Å². The zero-order valence-corrected chi connectivity index (χ0v) is 20.6. The number of carbonyl (C=O) groups excluding carboxylic acids is 4. The van der Waals surface area contributed by atoms with Crippen molar-refractivity contribution in [2.24, 2.45) is 17.3 Å². The van der Waals surface area contributed by atoms with Gasteiger partial charge in [0.25, 0.3) is 0 Å². The van der Waals surface area contributed by atoms with Gasteiger partial charge >= 0.3 is 12.1 Å². The molecule has 0 aromatic carbocycles. The fourth-order valence-corrected chi connectivity index (χ4v) is 5.53. The molecule has 200 valence electrons. The SMILES string of the molecule is CC1(C)[C@@H]2[C@H]3C(=O)N[C@H](C#N)CCC(=O)NCCCCCCC[C@H](NC(=O)C(F)(F)F)C(=O)N3C[C@@H]21. The predicted octanol–water partition coefficient (Wildman–Crippen LogP) is 1.78. The highest BCUT2D eigenvalue weighted by atomic mass is 19.4. The summed E-state index contributed by atoms with van der Waals surface area (Å²) < 4.78 is 38.9. The lowest BCUT2D eigenvalue weighted by Crippen LogP contribution is -2.57. The number of halogens is 3. The molecule has 5 atom stereocenters. The molecule has 0 aromatic rings. The van der Waals surface area contributed by atoms with E-state index in [0.717, 1.165) is 12.8 Å². The van der Waals surface area contributed by atoms with E-state index in [9.17, 15) is 37.6 Å². The molecule has 0 bridgehead atoms. The molecule has 4 amide bonds. The Kier molecular flexibility index (Phi) is 8.52. The van der Waals surface area contributed by atoms with Gasteiger partial charge in [-0.25, -0.2) is 0 Å². The Balaban J connectivity index is 1.83. The second kappa shape index (κ2) is 11.0. The van der Waals surface area contributed by atoms with Crippen molar-refractivity contribution in [3.05, 3.63) is 0 Å². The summed E-state index contributed by atoms with van der Waals surface area (Å²) in [5.41, 5.74) is -0.247. The van der Waals surface area contributed by atoms with Gasteiger partial charge in [-0.05, 0) is 36.5 Å². The van der Waals surface area contributed by atoms with Gasteiger partial charge in [0.2, 0.25) is 17.7 Å². The number of nitriles is 1. The summed E-state index contributed by atoms with van der Waals surface area (Å²) in [6, 6.07) is -1.36. The van der Waals surface area contributed by atoms with Gasteiger partial charge < -0.3 is 20.9 Å². The third-order valence-corrected chi connectivity index (χ3v) is 7.75. The topological polar surface area (TPSA) is 131 Å². The summed E-state index contributed by atoms with van der Waals surface area (Å²) in [5, 5.41) is 16.8. The molecule has 36 heavy (non-hydrogen) atoms. The first-order chi connectivity index (χ1) is 16.9. The molecule has 3 aliphatic rings. The van der Waals surface area contributed by atoms with Gasteiger partial charge in [-0.2, -0.15) is 18.4 Å². The highest BCUT2D eigenvalue weighted by molar-refractivity contribution is 5.94. The number of fused-ring (bicyclic) bond motifs is 3. The summed E-state index contributed by atoms with van der Waals surface area (Å²) in [4.78, 5) is 51.8. The molecular weight excluding hydrogens is 479 g/mol. The molecule has 0 unspecified atom stereocenters. The zero-order valence-electron chi connectivity index (χ0n) is 20.6. The third-order valence-electron chi connectivity index (χ3n) is 7.75. The van der Waals surface area contributed by atoms with Crippen LogP contribution >= 0.6 is 0 Å². The normalized spacial score (nSPS) is 32.1. The van der Waals surface area contributed by atoms with Crippen LogP contribution < -0.4 is 16.0 Å². The molecule has 0 radical (unpaired) electrons. The van der Waals surface area contributed by atoms with Crippen LogP contribution in [0.2, 0.25) is 0 Å². The molecule has 1 aliphatic carbocycles. The third kappa shape index (κ3) is 6.28. The highest BCUT2D eigenvalue weighted by Gasteiger charge is 2.69. The molecule has 12 heteroatoms. The summed E-state index contributed by atoms with van der Waals surface area (Å²) in [7, 11) is 0. The van der Waals surface area contributed by atoms with E-state index in [2.05, 4.69) is 10.6 Å². The average molecular weight is 514 g/mol. The van der Waals surface area contributed by atoms with Crippen LogP contribution in [0, 0.1) is 28.6 Å². The molecule has 3 rings (SSSR count). The molecule has 2 aliphatic heterocycles. The highest BCUT2D eigenvalue weighted by Crippen LogP contribution is 2.64. The van der Waals surface area contributed by atoms with Crippen LogP contribution in [-0.2, 0) is 19.2 Å². The van der Waals surface area contributed by atoms with E-state index < -0.39 is 42.0 Å². The first-order valence-electron chi connectivity index (χ1n) is 12.5. The van der Waals surface area contributed by atoms with E-state index in [-0.39, 0.29) is 49.0 Å². The summed E-state index contributed by atoms with van der Waals surface area (Å²) in [5.74, 6) is -3.92. The molecule has 0 aromatic heterocycles. The van der Waals surface area contributed by atoms with Crippen LogP contribution in [0.15, 0.2) is 0 Å². The summed E-state index contributed by atoms with van der Waals surface area (Å²) in [6.45, 7) is 4.56. The van der Waals surface area contributed by atoms with Gasteiger partial charge in [0.15, 0.2) is 0 Å². The van der Waals surface area contributed by atoms with Crippen LogP contribution in [0.4, 0.5) is 13.2 Å². The predicted molar refractivity (Wildman–Crippen MR) is 122 cm³/mol. The number of rotatable bonds is 1. The van der Waals surface area contributed by atoms with Gasteiger partial charge in [0.05, 0.1) is 6.07 Å². The number of nitrogens with zero attached hydrogens (tertiary/aromatic N) is 2. The van der Waals surface area contributed by atoms with E-state index in [1.54, 1.807) is 0 Å². The van der Waals surface area contributed by atoms with Gasteiger partial charge in [-0.15, -0.1) is 0 Å². The second-order valence-electron chi connectivity index (χ2n) is 10.5. The second-order valence-corrected chi connectivity index (χ2v) is 10.5. The molecule has 2 heterocycles. The van der Waals surface area contributed by atoms with E-state index in [1.807, 2.05) is 25.2 Å². The van der Waals surface area contributed by atoms with Crippen LogP contribution in [0.25, 0.3) is 0 Å². The molecular formula is C24H34F3N5O4. The quantitative estimate of drug-likeness (QED) is 0.492. The minimum absolute atomic E-state index is 0.0156. The Hall–Kier alpha value is -2.84. The Morgan fingerprint density at radius 2 is 1.78 bits per heavy atom. The Morgan fingerprint density at radius 3 is 2.44 bits per heavy atom. The minimum Gasteiger partial charge on any atom is -0.356 e. The Labute approximate surface area is 208 Å². The van der Waals surface area contributed by atoms with Gasteiger partial charge in [-0.3, -0.25) is 19.2 Å². The van der Waals surface area contributed by atoms with Crippen molar-refractivity contribution in [3.63, 3.8) is 0 Å². The van der Waals surface area contributed by atoms with Crippen molar-refractivity contribution in [1.82, 2.24) is 20.9 Å². The smallest absolute Gasteiger partial charge is 0.356 e. The number of alkyl halides is 3. The van der Waals surface area contributed by atoms with Crippen molar-refractivity contribution in [3.8, 4) is 6.07 Å². The molecule has 2 saturated heterocycles. The Bertz CT molecular complexity index is 916. The van der Waals surface area contributed by atoms with Crippen molar-refractivity contribution < 1.29 is 32.3 Å². The van der Waals surface area contributed by atoms with Crippen LogP contribution in [-0.4, -0.2) is 65.9 Å². The van der Waals surface area contributed by atoms with E-state index in [0.29, 0.717) is 25.8 Å². The maximum Gasteiger partial charge on any atom is 0.471 e. The summed E-state index contributed by atoms with van der Waals surface area (Å²) >= 11 is 0. The largest absolute Gasteiger partial charge is 0.471 e. The lowest BCUT2D eigenvalue weighted by Gasteiger charge is -2.33. The Morgan fingerprint density at radius 1 is 1.11 bits per heavy atom. The standard InChI is InChI=1S/C24H34F3N5O4/c1-23(2)15-13-32-19(18(15)23)20(34)30-14(12-28)9-10-17(33)29-11-7-5-3-4-6-8-16(21(32)35)31-22(36)24(25,26)27/h14-16,18-19H,3-11,13H2,1-2H3,(H,29,33)(H,30,34)(H,31,36)/t14-,15-,16-,18-,19-/m0/s1. The van der Waals surface area contributed by atoms with E-state index in [1.165, 1.54) is 4.90 Å². The lowest BCUT2D eigenvalue weighted by molar-refractivity contribution is -0.175. The van der Waals surface area contributed by atoms with Crippen LogP contribution in [0.3, 0.4) is 0 Å². The maximum absolute atomic E-state index is 13.4. The lowest BCUT2D eigenvalue weighted by atomic mass is 9.98. The minimum atomic E-state index is -5.14. The number of nitrogens with one attached hydrogen (secondary N) is 3. The fraction of sp³-hybridized carbons (Fsp3) is 0.792. The van der Waals surface area contributed by atoms with Gasteiger partial charge in [0.1, 0.15) is 18.1 Å². The number of amides is 4.